The van der Waals surface area contributed by atoms with Gasteiger partial charge in [-0.25, -0.2) is 0 Å². The van der Waals surface area contributed by atoms with Crippen molar-refractivity contribution < 1.29 is 19.1 Å². The molecule has 1 aromatic carbocycles. The van der Waals surface area contributed by atoms with Crippen molar-refractivity contribution >= 4 is 0 Å². The van der Waals surface area contributed by atoms with Gasteiger partial charge >= 0.3 is 0 Å². The minimum atomic E-state index is -0.672. The van der Waals surface area contributed by atoms with E-state index in [2.05, 4.69) is 10.1 Å². The highest BCUT2D eigenvalue weighted by molar-refractivity contribution is 5.65. The third-order valence-corrected chi connectivity index (χ3v) is 2.61. The summed E-state index contributed by atoms with van der Waals surface area (Å²) < 4.78 is 15.5. The lowest BCUT2D eigenvalue weighted by atomic mass is 10.2. The fourth-order valence-electron chi connectivity index (χ4n) is 1.56. The zero-order valence-corrected chi connectivity index (χ0v) is 10.7. The number of ether oxygens (including phenoxy) is 2. The van der Waals surface area contributed by atoms with Gasteiger partial charge in [0, 0.05) is 0 Å². The molecule has 7 nitrogen and oxygen atoms in total. The fraction of sp³-hybridized carbons (Fsp3) is 0.333. The van der Waals surface area contributed by atoms with Crippen molar-refractivity contribution in [2.75, 3.05) is 20.8 Å². The Labute approximate surface area is 109 Å². The summed E-state index contributed by atoms with van der Waals surface area (Å²) in [4.78, 5) is 4.14. The first-order chi connectivity index (χ1) is 9.19. The van der Waals surface area contributed by atoms with Gasteiger partial charge in [-0.1, -0.05) is 5.16 Å². The molecule has 0 aliphatic carbocycles. The maximum absolute atomic E-state index is 8.96. The van der Waals surface area contributed by atoms with Gasteiger partial charge in [-0.05, 0) is 18.2 Å². The number of nitrogens with zero attached hydrogens (tertiary/aromatic N) is 2. The Kier molecular flexibility index (Phi) is 3.98. The molecule has 1 unspecified atom stereocenters. The van der Waals surface area contributed by atoms with Gasteiger partial charge in [-0.15, -0.1) is 0 Å². The zero-order valence-electron chi connectivity index (χ0n) is 10.7. The number of nitrogens with two attached hydrogens (primary N) is 1. The predicted molar refractivity (Wildman–Crippen MR) is 66.9 cm³/mol. The maximum atomic E-state index is 8.96. The fourth-order valence-corrected chi connectivity index (χ4v) is 1.56. The van der Waals surface area contributed by atoms with Crippen LogP contribution in [0.4, 0.5) is 0 Å². The number of aromatic nitrogens is 2. The van der Waals surface area contributed by atoms with Crippen LogP contribution in [0.25, 0.3) is 11.5 Å². The summed E-state index contributed by atoms with van der Waals surface area (Å²) >= 11 is 0. The molecular formula is C12H15N3O4. The van der Waals surface area contributed by atoms with Crippen molar-refractivity contribution in [1.82, 2.24) is 10.1 Å². The largest absolute Gasteiger partial charge is 0.497 e. The number of aliphatic hydroxyl groups excluding tert-OH is 1. The van der Waals surface area contributed by atoms with Crippen LogP contribution in [0.1, 0.15) is 11.9 Å². The Morgan fingerprint density at radius 3 is 2.79 bits per heavy atom. The summed E-state index contributed by atoms with van der Waals surface area (Å²) in [6.45, 7) is -0.256. The molecule has 0 aliphatic heterocycles. The molecular weight excluding hydrogens is 250 g/mol. The first-order valence-electron chi connectivity index (χ1n) is 5.62. The molecule has 0 spiro atoms. The van der Waals surface area contributed by atoms with Gasteiger partial charge in [-0.3, -0.25) is 0 Å². The van der Waals surface area contributed by atoms with E-state index < -0.39 is 6.04 Å². The SMILES string of the molecule is COc1ccc(OC)c(-c2nc(C(N)CO)no2)c1. The third kappa shape index (κ3) is 2.67. The Morgan fingerprint density at radius 2 is 2.16 bits per heavy atom. The molecule has 1 aromatic heterocycles. The summed E-state index contributed by atoms with van der Waals surface area (Å²) in [5.41, 5.74) is 6.22. The van der Waals surface area contributed by atoms with Gasteiger partial charge in [-0.2, -0.15) is 4.98 Å². The van der Waals surface area contributed by atoms with Crippen molar-refractivity contribution in [3.05, 3.63) is 24.0 Å². The lowest BCUT2D eigenvalue weighted by molar-refractivity contribution is 0.260. The monoisotopic (exact) mass is 265 g/mol. The van der Waals surface area contributed by atoms with Crippen LogP contribution in [-0.4, -0.2) is 36.1 Å². The molecule has 0 fully saturated rings. The molecule has 0 amide bonds. The highest BCUT2D eigenvalue weighted by Crippen LogP contribution is 2.32. The molecule has 0 saturated carbocycles. The summed E-state index contributed by atoms with van der Waals surface area (Å²) in [7, 11) is 3.11. The van der Waals surface area contributed by atoms with E-state index in [4.69, 9.17) is 24.8 Å². The van der Waals surface area contributed by atoms with Gasteiger partial charge in [0.05, 0.1) is 32.4 Å². The Bertz CT molecular complexity index is 556. The standard InChI is InChI=1S/C12H15N3O4/c1-17-7-3-4-10(18-2)8(5-7)12-14-11(15-19-12)9(13)6-16/h3-5,9,16H,6,13H2,1-2H3. The van der Waals surface area contributed by atoms with E-state index in [-0.39, 0.29) is 18.3 Å². The maximum Gasteiger partial charge on any atom is 0.261 e. The van der Waals surface area contributed by atoms with Gasteiger partial charge in [0.15, 0.2) is 5.82 Å². The molecule has 19 heavy (non-hydrogen) atoms. The van der Waals surface area contributed by atoms with Crippen molar-refractivity contribution in [3.63, 3.8) is 0 Å². The highest BCUT2D eigenvalue weighted by Gasteiger charge is 2.18. The van der Waals surface area contributed by atoms with Crippen LogP contribution < -0.4 is 15.2 Å². The molecule has 2 aromatic rings. The van der Waals surface area contributed by atoms with E-state index in [1.807, 2.05) is 0 Å². The van der Waals surface area contributed by atoms with E-state index in [0.29, 0.717) is 17.1 Å². The van der Waals surface area contributed by atoms with E-state index in [0.717, 1.165) is 0 Å². The Morgan fingerprint density at radius 1 is 1.37 bits per heavy atom. The quantitative estimate of drug-likeness (QED) is 0.821. The average molecular weight is 265 g/mol. The second-order valence-corrected chi connectivity index (χ2v) is 3.81. The number of benzene rings is 1. The summed E-state index contributed by atoms with van der Waals surface area (Å²) in [6, 6.07) is 4.55. The van der Waals surface area contributed by atoms with Crippen molar-refractivity contribution in [3.8, 4) is 23.0 Å². The van der Waals surface area contributed by atoms with Crippen molar-refractivity contribution in [2.24, 2.45) is 5.73 Å². The topological polar surface area (TPSA) is 104 Å². The van der Waals surface area contributed by atoms with Gasteiger partial charge in [0.25, 0.3) is 5.89 Å². The summed E-state index contributed by atoms with van der Waals surface area (Å²) in [5.74, 6) is 1.72. The molecule has 1 heterocycles. The minimum Gasteiger partial charge on any atom is -0.497 e. The second kappa shape index (κ2) is 5.68. The smallest absolute Gasteiger partial charge is 0.261 e. The van der Waals surface area contributed by atoms with Crippen molar-refractivity contribution in [2.45, 2.75) is 6.04 Å². The lowest BCUT2D eigenvalue weighted by Gasteiger charge is -2.06. The second-order valence-electron chi connectivity index (χ2n) is 3.81. The average Bonchev–Trinajstić information content (AvgIpc) is 2.95. The van der Waals surface area contributed by atoms with Crippen LogP contribution >= 0.6 is 0 Å². The van der Waals surface area contributed by atoms with Crippen LogP contribution in [0.5, 0.6) is 11.5 Å². The van der Waals surface area contributed by atoms with Crippen LogP contribution in [0.3, 0.4) is 0 Å². The molecule has 102 valence electrons. The van der Waals surface area contributed by atoms with E-state index in [1.54, 1.807) is 32.4 Å². The van der Waals surface area contributed by atoms with E-state index in [9.17, 15) is 0 Å². The molecule has 0 aliphatic rings. The molecule has 0 bridgehead atoms. The van der Waals surface area contributed by atoms with E-state index >= 15 is 0 Å². The van der Waals surface area contributed by atoms with Crippen LogP contribution in [-0.2, 0) is 0 Å². The predicted octanol–water partition coefficient (Wildman–Crippen LogP) is 0.746. The van der Waals surface area contributed by atoms with Gasteiger partial charge in [0.1, 0.15) is 11.5 Å². The van der Waals surface area contributed by atoms with Crippen molar-refractivity contribution in [1.29, 1.82) is 0 Å². The number of hydrogen-bond donors (Lipinski definition) is 2. The molecule has 0 saturated heterocycles. The summed E-state index contributed by atoms with van der Waals surface area (Å²) in [6.07, 6.45) is 0. The first-order valence-corrected chi connectivity index (χ1v) is 5.62. The zero-order chi connectivity index (χ0) is 13.8. The van der Waals surface area contributed by atoms with Crippen LogP contribution in [0, 0.1) is 0 Å². The number of rotatable bonds is 5. The molecule has 3 N–H and O–H groups in total. The Balaban J connectivity index is 2.42. The highest BCUT2D eigenvalue weighted by atomic mass is 16.5. The molecule has 0 radical (unpaired) electrons. The van der Waals surface area contributed by atoms with Crippen LogP contribution in [0.15, 0.2) is 22.7 Å². The molecule has 2 rings (SSSR count). The third-order valence-electron chi connectivity index (χ3n) is 2.61. The van der Waals surface area contributed by atoms with Gasteiger partial charge < -0.3 is 24.8 Å². The molecule has 1 atom stereocenters. The molecule has 7 heteroatoms. The normalized spacial score (nSPS) is 12.2. The number of methoxy groups -OCH3 is 2. The first kappa shape index (κ1) is 13.3. The number of hydrogen-bond acceptors (Lipinski definition) is 7. The van der Waals surface area contributed by atoms with Gasteiger partial charge in [0.2, 0.25) is 0 Å². The Hall–Kier alpha value is -2.12. The summed E-state index contributed by atoms with van der Waals surface area (Å²) in [5, 5.41) is 12.7. The van der Waals surface area contributed by atoms with Crippen LogP contribution in [0.2, 0.25) is 0 Å². The van der Waals surface area contributed by atoms with E-state index in [1.165, 1.54) is 0 Å². The number of aliphatic hydroxyl groups is 1. The lowest BCUT2D eigenvalue weighted by Crippen LogP contribution is -2.15. The minimum absolute atomic E-state index is 0.238.